The summed E-state index contributed by atoms with van der Waals surface area (Å²) in [6.45, 7) is 6.41. The van der Waals surface area contributed by atoms with Crippen molar-refractivity contribution < 1.29 is 9.53 Å². The molecule has 1 amide bonds. The first-order valence-electron chi connectivity index (χ1n) is 8.67. The summed E-state index contributed by atoms with van der Waals surface area (Å²) in [5.74, 6) is 1.03. The van der Waals surface area contributed by atoms with Crippen LogP contribution in [0.25, 0.3) is 0 Å². The third-order valence-electron chi connectivity index (χ3n) is 5.60. The molecule has 3 heterocycles. The summed E-state index contributed by atoms with van der Waals surface area (Å²) in [5, 5.41) is 3.05. The van der Waals surface area contributed by atoms with Crippen molar-refractivity contribution >= 4 is 11.6 Å². The fraction of sp³-hybridized carbons (Fsp3) is 0.400. The molecule has 5 nitrogen and oxygen atoms in total. The Balaban J connectivity index is 1.59. The number of carbonyl (C=O) groups excluding carboxylic acids is 1. The molecule has 1 aromatic carbocycles. The zero-order valence-corrected chi connectivity index (χ0v) is 14.9. The van der Waals surface area contributed by atoms with Crippen molar-refractivity contribution in [2.75, 3.05) is 25.5 Å². The highest BCUT2D eigenvalue weighted by molar-refractivity contribution is 6.06. The molecule has 1 fully saturated rings. The summed E-state index contributed by atoms with van der Waals surface area (Å²) in [4.78, 5) is 19.6. The number of anilines is 1. The molecule has 1 spiro atoms. The molecule has 1 unspecified atom stereocenters. The van der Waals surface area contributed by atoms with Gasteiger partial charge in [-0.15, -0.1) is 0 Å². The minimum atomic E-state index is -0.417. The molecule has 1 aromatic heterocycles. The van der Waals surface area contributed by atoms with Crippen LogP contribution >= 0.6 is 0 Å². The first kappa shape index (κ1) is 16.1. The minimum Gasteiger partial charge on any atom is -0.496 e. The molecule has 25 heavy (non-hydrogen) atoms. The lowest BCUT2D eigenvalue weighted by Gasteiger charge is -2.23. The SMILES string of the molecule is COc1c(C)cnc(CN2CCC3(C2)C(=O)Nc2ccccc23)c1C. The minimum absolute atomic E-state index is 0.127. The van der Waals surface area contributed by atoms with Crippen molar-refractivity contribution in [1.29, 1.82) is 0 Å². The van der Waals surface area contributed by atoms with Crippen LogP contribution < -0.4 is 10.1 Å². The highest BCUT2D eigenvalue weighted by Gasteiger charge is 2.50. The third kappa shape index (κ3) is 2.42. The highest BCUT2D eigenvalue weighted by atomic mass is 16.5. The van der Waals surface area contributed by atoms with Gasteiger partial charge in [-0.1, -0.05) is 18.2 Å². The van der Waals surface area contributed by atoms with Gasteiger partial charge in [-0.2, -0.15) is 0 Å². The number of aryl methyl sites for hydroxylation is 1. The molecule has 0 bridgehead atoms. The van der Waals surface area contributed by atoms with Crippen molar-refractivity contribution in [3.05, 3.63) is 52.8 Å². The summed E-state index contributed by atoms with van der Waals surface area (Å²) < 4.78 is 5.52. The van der Waals surface area contributed by atoms with Gasteiger partial charge in [0.25, 0.3) is 0 Å². The fourth-order valence-electron chi connectivity index (χ4n) is 4.24. The highest BCUT2D eigenvalue weighted by Crippen LogP contribution is 2.44. The van der Waals surface area contributed by atoms with E-state index in [4.69, 9.17) is 4.74 Å². The van der Waals surface area contributed by atoms with E-state index < -0.39 is 5.41 Å². The molecule has 2 aromatic rings. The second-order valence-corrected chi connectivity index (χ2v) is 7.09. The molecule has 130 valence electrons. The van der Waals surface area contributed by atoms with E-state index in [0.29, 0.717) is 0 Å². The van der Waals surface area contributed by atoms with E-state index in [1.165, 1.54) is 0 Å². The Labute approximate surface area is 148 Å². The molecule has 2 aliphatic heterocycles. The molecule has 0 radical (unpaired) electrons. The van der Waals surface area contributed by atoms with Crippen LogP contribution in [0, 0.1) is 13.8 Å². The number of aromatic nitrogens is 1. The van der Waals surface area contributed by atoms with Gasteiger partial charge in [0.05, 0.1) is 18.2 Å². The predicted octanol–water partition coefficient (Wildman–Crippen LogP) is 2.80. The summed E-state index contributed by atoms with van der Waals surface area (Å²) in [6.07, 6.45) is 2.71. The molecule has 1 saturated heterocycles. The maximum Gasteiger partial charge on any atom is 0.236 e. The average Bonchev–Trinajstić information content (AvgIpc) is 3.14. The maximum absolute atomic E-state index is 12.7. The van der Waals surface area contributed by atoms with Crippen LogP contribution in [0.15, 0.2) is 30.5 Å². The smallest absolute Gasteiger partial charge is 0.236 e. The number of hydrogen-bond donors (Lipinski definition) is 1. The number of ether oxygens (including phenoxy) is 1. The van der Waals surface area contributed by atoms with E-state index in [0.717, 1.165) is 59.9 Å². The largest absolute Gasteiger partial charge is 0.496 e. The second-order valence-electron chi connectivity index (χ2n) is 7.09. The van der Waals surface area contributed by atoms with E-state index in [-0.39, 0.29) is 5.91 Å². The summed E-state index contributed by atoms with van der Waals surface area (Å²) >= 11 is 0. The molecule has 4 rings (SSSR count). The van der Waals surface area contributed by atoms with Gasteiger partial charge in [0.1, 0.15) is 5.75 Å². The van der Waals surface area contributed by atoms with E-state index >= 15 is 0 Å². The summed E-state index contributed by atoms with van der Waals surface area (Å²) in [5.41, 5.74) is 4.82. The number of hydrogen-bond acceptors (Lipinski definition) is 4. The number of nitrogens with zero attached hydrogens (tertiary/aromatic N) is 2. The van der Waals surface area contributed by atoms with E-state index in [9.17, 15) is 4.79 Å². The van der Waals surface area contributed by atoms with Crippen LogP contribution in [0.5, 0.6) is 5.75 Å². The summed E-state index contributed by atoms with van der Waals surface area (Å²) in [6, 6.07) is 8.05. The van der Waals surface area contributed by atoms with Gasteiger partial charge in [-0.25, -0.2) is 0 Å². The Hall–Kier alpha value is -2.40. The van der Waals surface area contributed by atoms with Gasteiger partial charge in [0.15, 0.2) is 0 Å². The number of amides is 1. The van der Waals surface area contributed by atoms with Gasteiger partial charge < -0.3 is 10.1 Å². The van der Waals surface area contributed by atoms with Gasteiger partial charge in [-0.3, -0.25) is 14.7 Å². The van der Waals surface area contributed by atoms with Crippen LogP contribution in [0.3, 0.4) is 0 Å². The van der Waals surface area contributed by atoms with E-state index in [1.54, 1.807) is 7.11 Å². The Morgan fingerprint density at radius 3 is 2.92 bits per heavy atom. The van der Waals surface area contributed by atoms with Crippen LogP contribution in [0.2, 0.25) is 0 Å². The van der Waals surface area contributed by atoms with Crippen LogP contribution in [0.1, 0.15) is 28.8 Å². The Bertz CT molecular complexity index is 849. The molecular weight excluding hydrogens is 314 g/mol. The number of fused-ring (bicyclic) bond motifs is 2. The molecule has 2 aliphatic rings. The average molecular weight is 337 g/mol. The number of methoxy groups -OCH3 is 1. The van der Waals surface area contributed by atoms with E-state index in [1.807, 2.05) is 31.3 Å². The first-order chi connectivity index (χ1) is 12.0. The van der Waals surface area contributed by atoms with Gasteiger partial charge in [0.2, 0.25) is 5.91 Å². The quantitative estimate of drug-likeness (QED) is 0.936. The zero-order chi connectivity index (χ0) is 17.6. The number of pyridine rings is 1. The molecule has 5 heteroatoms. The number of rotatable bonds is 3. The Morgan fingerprint density at radius 2 is 2.12 bits per heavy atom. The van der Waals surface area contributed by atoms with Crippen molar-refractivity contribution in [3.8, 4) is 5.75 Å². The first-order valence-corrected chi connectivity index (χ1v) is 8.67. The lowest BCUT2D eigenvalue weighted by Crippen LogP contribution is -2.37. The number of likely N-dealkylation sites (tertiary alicyclic amines) is 1. The Kier molecular flexibility index (Phi) is 3.76. The summed E-state index contributed by atoms with van der Waals surface area (Å²) in [7, 11) is 1.70. The number of para-hydroxylation sites is 1. The topological polar surface area (TPSA) is 54.5 Å². The van der Waals surface area contributed by atoms with Crippen molar-refractivity contribution in [1.82, 2.24) is 9.88 Å². The lowest BCUT2D eigenvalue weighted by atomic mass is 9.81. The molecular formula is C20H23N3O2. The van der Waals surface area contributed by atoms with Crippen LogP contribution in [-0.4, -0.2) is 36.0 Å². The van der Waals surface area contributed by atoms with Crippen molar-refractivity contribution in [3.63, 3.8) is 0 Å². The third-order valence-corrected chi connectivity index (χ3v) is 5.60. The monoisotopic (exact) mass is 337 g/mol. The zero-order valence-electron chi connectivity index (χ0n) is 14.9. The van der Waals surface area contributed by atoms with E-state index in [2.05, 4.69) is 28.2 Å². The molecule has 0 saturated carbocycles. The van der Waals surface area contributed by atoms with Crippen LogP contribution in [-0.2, 0) is 16.8 Å². The Morgan fingerprint density at radius 1 is 1.32 bits per heavy atom. The molecule has 0 aliphatic carbocycles. The normalized spacial score (nSPS) is 22.3. The van der Waals surface area contributed by atoms with Crippen molar-refractivity contribution in [2.45, 2.75) is 32.2 Å². The van der Waals surface area contributed by atoms with Gasteiger partial charge in [-0.05, 0) is 31.9 Å². The predicted molar refractivity (Wildman–Crippen MR) is 96.9 cm³/mol. The maximum atomic E-state index is 12.7. The molecule has 1 N–H and O–H groups in total. The molecule has 1 atom stereocenters. The lowest BCUT2D eigenvalue weighted by molar-refractivity contribution is -0.120. The number of carbonyl (C=O) groups is 1. The fourth-order valence-corrected chi connectivity index (χ4v) is 4.24. The number of nitrogens with one attached hydrogen (secondary N) is 1. The van der Waals surface area contributed by atoms with Gasteiger partial charge in [0, 0.05) is 42.6 Å². The standard InChI is InChI=1S/C20H23N3O2/c1-13-10-21-17(14(2)18(13)25-3)11-23-9-8-20(12-23)15-6-4-5-7-16(15)22-19(20)24/h4-7,10H,8-9,11-12H2,1-3H3,(H,22,24). The van der Waals surface area contributed by atoms with Crippen LogP contribution in [0.4, 0.5) is 5.69 Å². The number of benzene rings is 1. The van der Waals surface area contributed by atoms with Gasteiger partial charge >= 0.3 is 0 Å². The van der Waals surface area contributed by atoms with Crippen molar-refractivity contribution in [2.24, 2.45) is 0 Å². The second kappa shape index (κ2) is 5.85.